The number of ether oxygens (including phenoxy) is 1. The number of oxazole rings is 1. The van der Waals surface area contributed by atoms with E-state index in [9.17, 15) is 29.7 Å². The molecule has 47 heavy (non-hydrogen) atoms. The number of carboxylic acids is 2. The molecule has 242 valence electrons. The fourth-order valence-electron chi connectivity index (χ4n) is 5.81. The number of carbonyl (C=O) groups is 3. The molecule has 0 saturated heterocycles. The maximum Gasteiger partial charge on any atom is 0.307 e. The van der Waals surface area contributed by atoms with Crippen molar-refractivity contribution in [1.82, 2.24) is 9.88 Å². The molecule has 0 saturated carbocycles. The lowest BCUT2D eigenvalue weighted by Gasteiger charge is -2.36. The molecule has 4 aromatic carbocycles. The number of aliphatic carboxylic acids is 2. The Labute approximate surface area is 271 Å². The first-order chi connectivity index (χ1) is 22.6. The monoisotopic (exact) mass is 636 g/mol. The summed E-state index contributed by atoms with van der Waals surface area (Å²) in [6.07, 6.45) is 2.91. The summed E-state index contributed by atoms with van der Waals surface area (Å²) in [6, 6.07) is 25.6. The van der Waals surface area contributed by atoms with Crippen LogP contribution in [-0.2, 0) is 20.9 Å². The average Bonchev–Trinajstić information content (AvgIpc) is 3.48. The van der Waals surface area contributed by atoms with Gasteiger partial charge in [-0.05, 0) is 71.7 Å². The lowest BCUT2D eigenvalue weighted by molar-refractivity contribution is -0.151. The van der Waals surface area contributed by atoms with E-state index >= 15 is 0 Å². The first kappa shape index (κ1) is 32.7. The van der Waals surface area contributed by atoms with Crippen LogP contribution < -0.4 is 4.74 Å². The van der Waals surface area contributed by atoms with Crippen molar-refractivity contribution in [1.29, 1.82) is 0 Å². The number of rotatable bonds is 14. The van der Waals surface area contributed by atoms with Crippen molar-refractivity contribution >= 4 is 45.8 Å². The Hall–Kier alpha value is -5.64. The van der Waals surface area contributed by atoms with E-state index in [-0.39, 0.29) is 24.0 Å². The molecular formula is C37H36N2O8. The van der Waals surface area contributed by atoms with Crippen LogP contribution in [0, 0.1) is 5.92 Å². The molecule has 0 spiro atoms. The van der Waals surface area contributed by atoms with Crippen LogP contribution in [0.5, 0.6) is 11.5 Å². The van der Waals surface area contributed by atoms with Crippen LogP contribution in [0.25, 0.3) is 27.9 Å². The molecule has 5 aromatic rings. The van der Waals surface area contributed by atoms with E-state index in [1.54, 1.807) is 23.1 Å². The van der Waals surface area contributed by atoms with Gasteiger partial charge in [0, 0.05) is 24.9 Å². The number of allylic oxidation sites excluding steroid dienone is 1. The number of aromatic hydroxyl groups is 1. The third-order valence-electron chi connectivity index (χ3n) is 8.35. The highest BCUT2D eigenvalue weighted by Crippen LogP contribution is 2.35. The smallest absolute Gasteiger partial charge is 0.307 e. The van der Waals surface area contributed by atoms with Crippen LogP contribution in [0.3, 0.4) is 0 Å². The molecule has 0 aliphatic heterocycles. The van der Waals surface area contributed by atoms with Gasteiger partial charge in [-0.15, -0.1) is 0 Å². The maximum absolute atomic E-state index is 14.0. The minimum atomic E-state index is -1.39. The quantitative estimate of drug-likeness (QED) is 0.119. The molecule has 1 amide bonds. The normalized spacial score (nSPS) is 13.4. The standard InChI is InChI=1S/C37H36N2O8/c1-23(29(27-16-17-31(40)33(19-27)46-2)10-7-13-34-38-30-11-5-6-12-32(30)47-34)39(35(41)20-28(37(44)45)21-36(42)43)22-24-14-15-25-8-3-4-9-26(25)18-24/h3-9,11-19,23,28-29,40H,10,20-22H2,1-2H3,(H,42,43)(H,44,45)/b13-7+. The Bertz CT molecular complexity index is 1900. The van der Waals surface area contributed by atoms with E-state index in [2.05, 4.69) is 4.98 Å². The van der Waals surface area contributed by atoms with Gasteiger partial charge >= 0.3 is 11.9 Å². The van der Waals surface area contributed by atoms with Gasteiger partial charge in [0.25, 0.3) is 0 Å². The summed E-state index contributed by atoms with van der Waals surface area (Å²) in [4.78, 5) is 43.6. The van der Waals surface area contributed by atoms with Gasteiger partial charge in [-0.1, -0.05) is 60.7 Å². The maximum atomic E-state index is 14.0. The highest BCUT2D eigenvalue weighted by Gasteiger charge is 2.32. The number of hydrogen-bond acceptors (Lipinski definition) is 7. The summed E-state index contributed by atoms with van der Waals surface area (Å²) in [5.74, 6) is -4.23. The molecule has 1 heterocycles. The molecular weight excluding hydrogens is 600 g/mol. The zero-order valence-corrected chi connectivity index (χ0v) is 26.1. The molecule has 0 aliphatic carbocycles. The van der Waals surface area contributed by atoms with Gasteiger partial charge < -0.3 is 29.4 Å². The van der Waals surface area contributed by atoms with Gasteiger partial charge in [0.05, 0.1) is 19.4 Å². The molecule has 0 bridgehead atoms. The van der Waals surface area contributed by atoms with Gasteiger partial charge in [0.15, 0.2) is 17.1 Å². The first-order valence-corrected chi connectivity index (χ1v) is 15.2. The van der Waals surface area contributed by atoms with E-state index in [1.807, 2.05) is 79.7 Å². The number of nitrogens with zero attached hydrogens (tertiary/aromatic N) is 2. The Morgan fingerprint density at radius 2 is 1.68 bits per heavy atom. The highest BCUT2D eigenvalue weighted by atomic mass is 16.5. The first-order valence-electron chi connectivity index (χ1n) is 15.2. The van der Waals surface area contributed by atoms with Crippen molar-refractivity contribution in [3.05, 3.63) is 108 Å². The molecule has 0 fully saturated rings. The number of aromatic nitrogens is 1. The number of phenolic OH excluding ortho intramolecular Hbond substituents is 1. The Balaban J connectivity index is 1.52. The molecule has 0 radical (unpaired) electrons. The third kappa shape index (κ3) is 7.96. The number of hydrogen-bond donors (Lipinski definition) is 3. The summed E-state index contributed by atoms with van der Waals surface area (Å²) in [6.45, 7) is 2.04. The second-order valence-electron chi connectivity index (χ2n) is 11.5. The number of carbonyl (C=O) groups excluding carboxylic acids is 1. The lowest BCUT2D eigenvalue weighted by atomic mass is 9.87. The molecule has 10 heteroatoms. The van der Waals surface area contributed by atoms with Crippen LogP contribution in [0.15, 0.2) is 95.4 Å². The number of phenols is 1. The number of benzene rings is 4. The molecule has 5 rings (SSSR count). The number of fused-ring (bicyclic) bond motifs is 2. The number of carboxylic acid groups (broad SMARTS) is 2. The second kappa shape index (κ2) is 14.6. The van der Waals surface area contributed by atoms with E-state index in [4.69, 9.17) is 9.15 Å². The fourth-order valence-corrected chi connectivity index (χ4v) is 5.81. The van der Waals surface area contributed by atoms with E-state index in [0.717, 1.165) is 27.4 Å². The Morgan fingerprint density at radius 3 is 2.40 bits per heavy atom. The molecule has 3 unspecified atom stereocenters. The number of amides is 1. The van der Waals surface area contributed by atoms with Crippen LogP contribution in [0.4, 0.5) is 0 Å². The molecule has 1 aromatic heterocycles. The lowest BCUT2D eigenvalue weighted by Crippen LogP contribution is -2.43. The molecule has 10 nitrogen and oxygen atoms in total. The minimum Gasteiger partial charge on any atom is -0.504 e. The predicted molar refractivity (Wildman–Crippen MR) is 177 cm³/mol. The van der Waals surface area contributed by atoms with Crippen LogP contribution in [0.1, 0.15) is 49.1 Å². The van der Waals surface area contributed by atoms with Crippen molar-refractivity contribution in [2.24, 2.45) is 5.92 Å². The Kier molecular flexibility index (Phi) is 10.2. The predicted octanol–water partition coefficient (Wildman–Crippen LogP) is 6.87. The number of para-hydroxylation sites is 2. The Morgan fingerprint density at radius 1 is 0.936 bits per heavy atom. The average molecular weight is 637 g/mol. The molecule has 0 aliphatic rings. The van der Waals surface area contributed by atoms with Crippen LogP contribution >= 0.6 is 0 Å². The van der Waals surface area contributed by atoms with Crippen molar-refractivity contribution in [2.75, 3.05) is 7.11 Å². The minimum absolute atomic E-state index is 0.0354. The summed E-state index contributed by atoms with van der Waals surface area (Å²) in [5, 5.41) is 31.4. The van der Waals surface area contributed by atoms with Crippen LogP contribution in [0.2, 0.25) is 0 Å². The topological polar surface area (TPSA) is 150 Å². The van der Waals surface area contributed by atoms with Crippen LogP contribution in [-0.4, -0.2) is 56.2 Å². The zero-order chi connectivity index (χ0) is 33.5. The van der Waals surface area contributed by atoms with Gasteiger partial charge in [0.1, 0.15) is 5.52 Å². The SMILES string of the molecule is COc1cc(C(C/C=C/c2nc3ccccc3o2)C(C)N(Cc2ccc3ccccc3c2)C(=O)CC(CC(=O)O)C(=O)O)ccc1O. The third-order valence-corrected chi connectivity index (χ3v) is 8.35. The zero-order valence-electron chi connectivity index (χ0n) is 26.1. The van der Waals surface area contributed by atoms with E-state index in [1.165, 1.54) is 13.2 Å². The van der Waals surface area contributed by atoms with Gasteiger partial charge in [-0.2, -0.15) is 0 Å². The van der Waals surface area contributed by atoms with Gasteiger partial charge in [0.2, 0.25) is 11.8 Å². The largest absolute Gasteiger partial charge is 0.504 e. The van der Waals surface area contributed by atoms with Crippen molar-refractivity contribution in [3.8, 4) is 11.5 Å². The van der Waals surface area contributed by atoms with E-state index in [0.29, 0.717) is 17.9 Å². The van der Waals surface area contributed by atoms with E-state index < -0.39 is 42.6 Å². The summed E-state index contributed by atoms with van der Waals surface area (Å²) in [5.41, 5.74) is 2.98. The molecule has 3 N–H and O–H groups in total. The van der Waals surface area contributed by atoms with Crippen molar-refractivity contribution < 1.29 is 38.9 Å². The summed E-state index contributed by atoms with van der Waals surface area (Å²) >= 11 is 0. The van der Waals surface area contributed by atoms with Gasteiger partial charge in [-0.3, -0.25) is 14.4 Å². The summed E-state index contributed by atoms with van der Waals surface area (Å²) in [7, 11) is 1.45. The van der Waals surface area contributed by atoms with Gasteiger partial charge in [-0.25, -0.2) is 4.98 Å². The second-order valence-corrected chi connectivity index (χ2v) is 11.5. The number of methoxy groups -OCH3 is 1. The molecule has 3 atom stereocenters. The highest BCUT2D eigenvalue weighted by molar-refractivity contribution is 5.86. The summed E-state index contributed by atoms with van der Waals surface area (Å²) < 4.78 is 11.2. The van der Waals surface area contributed by atoms with Crippen molar-refractivity contribution in [3.63, 3.8) is 0 Å². The van der Waals surface area contributed by atoms with Crippen molar-refractivity contribution in [2.45, 2.75) is 44.7 Å². The fraction of sp³-hybridized carbons (Fsp3) is 0.243.